The second kappa shape index (κ2) is 8.65. The molecule has 0 saturated carbocycles. The molecule has 0 aromatic carbocycles. The molecular formula is C21H30N6O. The van der Waals surface area contributed by atoms with E-state index in [-0.39, 0.29) is 11.7 Å². The van der Waals surface area contributed by atoms with Crippen molar-refractivity contribution in [2.45, 2.75) is 46.2 Å². The highest BCUT2D eigenvalue weighted by Gasteiger charge is 2.26. The number of pyridine rings is 1. The van der Waals surface area contributed by atoms with Crippen LogP contribution in [0.3, 0.4) is 0 Å². The lowest BCUT2D eigenvalue weighted by Crippen LogP contribution is -2.33. The fourth-order valence-electron chi connectivity index (χ4n) is 3.35. The van der Waals surface area contributed by atoms with Crippen molar-refractivity contribution >= 4 is 11.7 Å². The van der Waals surface area contributed by atoms with Crippen LogP contribution in [0.2, 0.25) is 0 Å². The second-order valence-corrected chi connectivity index (χ2v) is 7.60. The molecular weight excluding hydrogens is 352 g/mol. The highest BCUT2D eigenvalue weighted by molar-refractivity contribution is 5.90. The highest BCUT2D eigenvalue weighted by atomic mass is 16.2. The molecule has 2 aromatic rings. The molecule has 1 fully saturated rings. The number of rotatable bonds is 6. The zero-order valence-corrected chi connectivity index (χ0v) is 17.5. The number of nitrogens with zero attached hydrogens (tertiary/aromatic N) is 5. The van der Waals surface area contributed by atoms with E-state index in [9.17, 15) is 4.79 Å². The third-order valence-electron chi connectivity index (χ3n) is 5.31. The lowest BCUT2D eigenvalue weighted by atomic mass is 10.2. The van der Waals surface area contributed by atoms with Crippen molar-refractivity contribution in [1.82, 2.24) is 25.2 Å². The number of amides is 1. The van der Waals surface area contributed by atoms with Crippen molar-refractivity contribution in [1.29, 1.82) is 0 Å². The van der Waals surface area contributed by atoms with Gasteiger partial charge in [-0.2, -0.15) is 0 Å². The predicted molar refractivity (Wildman–Crippen MR) is 111 cm³/mol. The van der Waals surface area contributed by atoms with Crippen LogP contribution in [0.25, 0.3) is 0 Å². The Kier molecular flexibility index (Phi) is 6.24. The van der Waals surface area contributed by atoms with Crippen LogP contribution in [-0.4, -0.2) is 59.0 Å². The summed E-state index contributed by atoms with van der Waals surface area (Å²) in [5.74, 6) is 0.965. The summed E-state index contributed by atoms with van der Waals surface area (Å²) in [7, 11) is 3.44. The Labute approximate surface area is 167 Å². The van der Waals surface area contributed by atoms with Crippen LogP contribution in [0.15, 0.2) is 18.3 Å². The molecule has 1 atom stereocenters. The monoisotopic (exact) mass is 382 g/mol. The van der Waals surface area contributed by atoms with Gasteiger partial charge in [-0.3, -0.25) is 9.78 Å². The van der Waals surface area contributed by atoms with Crippen molar-refractivity contribution < 1.29 is 4.79 Å². The number of hydrogen-bond donors (Lipinski definition) is 1. The molecule has 0 bridgehead atoms. The molecule has 0 radical (unpaired) electrons. The zero-order chi connectivity index (χ0) is 20.3. The first-order valence-electron chi connectivity index (χ1n) is 9.88. The van der Waals surface area contributed by atoms with Crippen molar-refractivity contribution in [2.75, 3.05) is 32.1 Å². The van der Waals surface area contributed by atoms with E-state index in [0.717, 1.165) is 55.2 Å². The molecule has 1 aliphatic rings. The Morgan fingerprint density at radius 1 is 1.29 bits per heavy atom. The number of carbonyl (C=O) groups is 1. The average molecular weight is 383 g/mol. The molecule has 150 valence electrons. The lowest BCUT2D eigenvalue weighted by Gasteiger charge is -2.22. The van der Waals surface area contributed by atoms with Gasteiger partial charge in [0.1, 0.15) is 5.82 Å². The first-order chi connectivity index (χ1) is 13.4. The third-order valence-corrected chi connectivity index (χ3v) is 5.31. The van der Waals surface area contributed by atoms with Crippen molar-refractivity contribution in [3.8, 4) is 0 Å². The first-order valence-corrected chi connectivity index (χ1v) is 9.88. The zero-order valence-electron chi connectivity index (χ0n) is 17.5. The van der Waals surface area contributed by atoms with Crippen LogP contribution < -0.4 is 10.2 Å². The number of nitrogens with one attached hydrogen (secondary N) is 1. The Bertz CT molecular complexity index is 834. The highest BCUT2D eigenvalue weighted by Crippen LogP contribution is 2.24. The van der Waals surface area contributed by atoms with Crippen LogP contribution >= 0.6 is 0 Å². The van der Waals surface area contributed by atoms with Crippen molar-refractivity contribution in [3.63, 3.8) is 0 Å². The Hall–Kier alpha value is -2.54. The standard InChI is InChI=1S/C21H30N6O/c1-6-16-7-8-17(22-11-16)12-23-18-9-10-27(13-18)20-14(2)15(3)24-19(25-20)21(28)26(4)5/h7-8,11,18,23H,6,9-10,12-13H2,1-5H3/t18-/m1/s1. The van der Waals surface area contributed by atoms with E-state index in [4.69, 9.17) is 0 Å². The molecule has 3 heterocycles. The van der Waals surface area contributed by atoms with Gasteiger partial charge in [0.15, 0.2) is 0 Å². The maximum absolute atomic E-state index is 12.3. The van der Waals surface area contributed by atoms with E-state index < -0.39 is 0 Å². The van der Waals surface area contributed by atoms with E-state index in [1.54, 1.807) is 14.1 Å². The van der Waals surface area contributed by atoms with Crippen LogP contribution in [-0.2, 0) is 13.0 Å². The van der Waals surface area contributed by atoms with Gasteiger partial charge in [0.25, 0.3) is 5.91 Å². The summed E-state index contributed by atoms with van der Waals surface area (Å²) in [6, 6.07) is 4.60. The molecule has 7 heteroatoms. The maximum atomic E-state index is 12.3. The molecule has 0 aliphatic carbocycles. The lowest BCUT2D eigenvalue weighted by molar-refractivity contribution is 0.0815. The minimum atomic E-state index is -0.167. The van der Waals surface area contributed by atoms with Crippen LogP contribution in [0.1, 0.15) is 46.5 Å². The fourth-order valence-corrected chi connectivity index (χ4v) is 3.35. The number of aromatic nitrogens is 3. The molecule has 0 unspecified atom stereocenters. The Morgan fingerprint density at radius 3 is 2.71 bits per heavy atom. The van der Waals surface area contributed by atoms with E-state index in [1.165, 1.54) is 10.5 Å². The maximum Gasteiger partial charge on any atom is 0.291 e. The summed E-state index contributed by atoms with van der Waals surface area (Å²) in [6.45, 7) is 8.62. The van der Waals surface area contributed by atoms with Gasteiger partial charge < -0.3 is 15.1 Å². The molecule has 7 nitrogen and oxygen atoms in total. The smallest absolute Gasteiger partial charge is 0.291 e. The third kappa shape index (κ3) is 4.47. The molecule has 1 saturated heterocycles. The van der Waals surface area contributed by atoms with E-state index >= 15 is 0 Å². The minimum absolute atomic E-state index is 0.167. The van der Waals surface area contributed by atoms with Gasteiger partial charge in [-0.05, 0) is 38.3 Å². The van der Waals surface area contributed by atoms with Crippen LogP contribution in [0, 0.1) is 13.8 Å². The molecule has 1 aliphatic heterocycles. The van der Waals surface area contributed by atoms with E-state index in [1.807, 2.05) is 20.0 Å². The summed E-state index contributed by atoms with van der Waals surface area (Å²) in [4.78, 5) is 29.6. The number of aryl methyl sites for hydroxylation is 2. The summed E-state index contributed by atoms with van der Waals surface area (Å²) in [5.41, 5.74) is 4.21. The summed E-state index contributed by atoms with van der Waals surface area (Å²) < 4.78 is 0. The number of hydrogen-bond acceptors (Lipinski definition) is 6. The molecule has 1 N–H and O–H groups in total. The fraction of sp³-hybridized carbons (Fsp3) is 0.524. The van der Waals surface area contributed by atoms with Gasteiger partial charge in [-0.15, -0.1) is 0 Å². The first kappa shape index (κ1) is 20.2. The Morgan fingerprint density at radius 2 is 2.07 bits per heavy atom. The Balaban J connectivity index is 1.66. The number of carbonyl (C=O) groups excluding carboxylic acids is 1. The molecule has 28 heavy (non-hydrogen) atoms. The van der Waals surface area contributed by atoms with Gasteiger partial charge in [0.2, 0.25) is 5.82 Å². The quantitative estimate of drug-likeness (QED) is 0.825. The summed E-state index contributed by atoms with van der Waals surface area (Å²) in [6.07, 6.45) is 4.00. The summed E-state index contributed by atoms with van der Waals surface area (Å²) >= 11 is 0. The van der Waals surface area contributed by atoms with Crippen molar-refractivity contribution in [3.05, 3.63) is 46.7 Å². The SMILES string of the molecule is CCc1ccc(CN[C@@H]2CCN(c3nc(C(=O)N(C)C)nc(C)c3C)C2)nc1. The molecule has 1 amide bonds. The summed E-state index contributed by atoms with van der Waals surface area (Å²) in [5, 5.41) is 3.60. The minimum Gasteiger partial charge on any atom is -0.355 e. The van der Waals surface area contributed by atoms with E-state index in [2.05, 4.69) is 44.2 Å². The van der Waals surface area contributed by atoms with Gasteiger partial charge in [0, 0.05) is 57.2 Å². The topological polar surface area (TPSA) is 74.2 Å². The molecule has 2 aromatic heterocycles. The predicted octanol–water partition coefficient (Wildman–Crippen LogP) is 2.12. The number of anilines is 1. The molecule has 3 rings (SSSR count). The largest absolute Gasteiger partial charge is 0.355 e. The molecule has 0 spiro atoms. The van der Waals surface area contributed by atoms with Gasteiger partial charge in [0.05, 0.1) is 5.69 Å². The van der Waals surface area contributed by atoms with E-state index in [0.29, 0.717) is 6.04 Å². The van der Waals surface area contributed by atoms with Crippen LogP contribution in [0.5, 0.6) is 0 Å². The average Bonchev–Trinajstić information content (AvgIpc) is 3.16. The van der Waals surface area contributed by atoms with Crippen LogP contribution in [0.4, 0.5) is 5.82 Å². The van der Waals surface area contributed by atoms with Gasteiger partial charge >= 0.3 is 0 Å². The second-order valence-electron chi connectivity index (χ2n) is 7.60. The van der Waals surface area contributed by atoms with Gasteiger partial charge in [-0.1, -0.05) is 13.0 Å². The van der Waals surface area contributed by atoms with Crippen molar-refractivity contribution in [2.24, 2.45) is 0 Å². The normalized spacial score (nSPS) is 16.5. The van der Waals surface area contributed by atoms with Gasteiger partial charge in [-0.25, -0.2) is 9.97 Å².